The Kier molecular flexibility index (Phi) is 7.45. The lowest BCUT2D eigenvalue weighted by molar-refractivity contribution is -0.117. The van der Waals surface area contributed by atoms with Crippen LogP contribution in [0.15, 0.2) is 59.1 Å². The topological polar surface area (TPSA) is 76.8 Å². The van der Waals surface area contributed by atoms with E-state index in [4.69, 9.17) is 13.9 Å². The van der Waals surface area contributed by atoms with Gasteiger partial charge in [-0.25, -0.2) is 4.98 Å². The molecule has 3 aromatic rings. The van der Waals surface area contributed by atoms with E-state index in [-0.39, 0.29) is 12.5 Å². The predicted molar refractivity (Wildman–Crippen MR) is 116 cm³/mol. The fourth-order valence-electron chi connectivity index (χ4n) is 2.98. The van der Waals surface area contributed by atoms with Crippen molar-refractivity contribution in [1.82, 2.24) is 9.88 Å². The number of benzene rings is 2. The van der Waals surface area contributed by atoms with Gasteiger partial charge in [0.25, 0.3) is 0 Å². The number of ether oxygens (including phenoxy) is 2. The van der Waals surface area contributed by atoms with Crippen LogP contribution in [0.1, 0.15) is 19.7 Å². The lowest BCUT2D eigenvalue weighted by atomic mass is 10.2. The lowest BCUT2D eigenvalue weighted by Crippen LogP contribution is -2.29. The molecule has 0 spiro atoms. The monoisotopic (exact) mass is 409 g/mol. The van der Waals surface area contributed by atoms with E-state index in [1.165, 1.54) is 0 Å². The van der Waals surface area contributed by atoms with Crippen molar-refractivity contribution in [3.05, 3.63) is 60.6 Å². The number of carbonyl (C=O) groups is 1. The van der Waals surface area contributed by atoms with Crippen molar-refractivity contribution >= 4 is 11.6 Å². The Balaban J connectivity index is 1.56. The summed E-state index contributed by atoms with van der Waals surface area (Å²) in [5, 5.41) is 2.89. The average molecular weight is 409 g/mol. The van der Waals surface area contributed by atoms with E-state index in [1.54, 1.807) is 24.4 Å². The van der Waals surface area contributed by atoms with E-state index in [9.17, 15) is 4.79 Å². The first-order valence-electron chi connectivity index (χ1n) is 9.97. The highest BCUT2D eigenvalue weighted by atomic mass is 16.5. The van der Waals surface area contributed by atoms with Crippen LogP contribution in [-0.2, 0) is 11.3 Å². The molecule has 0 bridgehead atoms. The fraction of sp³-hybridized carbons (Fsp3) is 0.304. The molecule has 158 valence electrons. The van der Waals surface area contributed by atoms with Crippen LogP contribution >= 0.6 is 0 Å². The van der Waals surface area contributed by atoms with Gasteiger partial charge in [-0.3, -0.25) is 9.69 Å². The van der Waals surface area contributed by atoms with Crippen LogP contribution < -0.4 is 14.8 Å². The highest BCUT2D eigenvalue weighted by Gasteiger charge is 2.13. The summed E-state index contributed by atoms with van der Waals surface area (Å²) in [5.41, 5.74) is 1.63. The van der Waals surface area contributed by atoms with Crippen LogP contribution in [0.4, 0.5) is 5.69 Å². The van der Waals surface area contributed by atoms with Crippen molar-refractivity contribution in [3.63, 3.8) is 0 Å². The Morgan fingerprint density at radius 1 is 1.07 bits per heavy atom. The molecule has 0 saturated carbocycles. The van der Waals surface area contributed by atoms with Crippen molar-refractivity contribution in [3.8, 4) is 22.8 Å². The molecule has 7 nitrogen and oxygen atoms in total. The van der Waals surface area contributed by atoms with Crippen LogP contribution in [-0.4, -0.2) is 42.6 Å². The minimum Gasteiger partial charge on any atom is -0.490 e. The van der Waals surface area contributed by atoms with Gasteiger partial charge in [0.15, 0.2) is 17.3 Å². The summed E-state index contributed by atoms with van der Waals surface area (Å²) in [6, 6.07) is 15.2. The molecule has 0 unspecified atom stereocenters. The van der Waals surface area contributed by atoms with E-state index in [0.29, 0.717) is 48.6 Å². The van der Waals surface area contributed by atoms with E-state index < -0.39 is 0 Å². The number of hydrogen-bond donors (Lipinski definition) is 1. The number of aromatic nitrogens is 1. The smallest absolute Gasteiger partial charge is 0.238 e. The van der Waals surface area contributed by atoms with E-state index in [2.05, 4.69) is 10.3 Å². The Bertz CT molecular complexity index is 956. The highest BCUT2D eigenvalue weighted by Crippen LogP contribution is 2.30. The maximum atomic E-state index is 12.4. The lowest BCUT2D eigenvalue weighted by Gasteiger charge is -2.16. The molecule has 0 atom stereocenters. The normalized spacial score (nSPS) is 10.8. The van der Waals surface area contributed by atoms with Gasteiger partial charge >= 0.3 is 0 Å². The number of nitrogens with one attached hydrogen (secondary N) is 1. The Hall–Kier alpha value is -3.32. The standard InChI is InChI=1S/C23H27N3O4/c1-4-28-19-12-11-18(13-20(19)29-5-2)25-22(27)15-26(3)16-23-24-14-21(30-23)17-9-7-6-8-10-17/h6-14H,4-5,15-16H2,1-3H3,(H,25,27). The molecule has 0 aliphatic rings. The molecule has 0 aliphatic heterocycles. The van der Waals surface area contributed by atoms with Crippen molar-refractivity contribution in [2.75, 3.05) is 32.1 Å². The van der Waals surface area contributed by atoms with Gasteiger partial charge in [-0.2, -0.15) is 0 Å². The number of oxazole rings is 1. The summed E-state index contributed by atoms with van der Waals surface area (Å²) in [6.07, 6.45) is 1.70. The summed E-state index contributed by atoms with van der Waals surface area (Å²) < 4.78 is 17.0. The van der Waals surface area contributed by atoms with Gasteiger partial charge in [0.05, 0.1) is 32.5 Å². The van der Waals surface area contributed by atoms with Gasteiger partial charge in [-0.15, -0.1) is 0 Å². The zero-order chi connectivity index (χ0) is 21.3. The molecule has 0 radical (unpaired) electrons. The van der Waals surface area contributed by atoms with Gasteiger partial charge in [-0.1, -0.05) is 30.3 Å². The number of nitrogens with zero attached hydrogens (tertiary/aromatic N) is 2. The minimum absolute atomic E-state index is 0.140. The molecule has 1 amide bonds. The largest absolute Gasteiger partial charge is 0.490 e. The van der Waals surface area contributed by atoms with Gasteiger partial charge in [-0.05, 0) is 33.0 Å². The number of anilines is 1. The molecule has 3 rings (SSSR count). The summed E-state index contributed by atoms with van der Waals surface area (Å²) >= 11 is 0. The molecule has 0 saturated heterocycles. The number of amides is 1. The fourth-order valence-corrected chi connectivity index (χ4v) is 2.98. The van der Waals surface area contributed by atoms with Crippen LogP contribution in [0, 0.1) is 0 Å². The molecule has 1 N–H and O–H groups in total. The second kappa shape index (κ2) is 10.5. The van der Waals surface area contributed by atoms with E-state index in [0.717, 1.165) is 5.56 Å². The first kappa shape index (κ1) is 21.4. The Morgan fingerprint density at radius 3 is 2.53 bits per heavy atom. The van der Waals surface area contributed by atoms with Crippen molar-refractivity contribution in [1.29, 1.82) is 0 Å². The zero-order valence-corrected chi connectivity index (χ0v) is 17.6. The van der Waals surface area contributed by atoms with Gasteiger partial charge in [0.2, 0.25) is 11.8 Å². The molecule has 1 aromatic heterocycles. The molecule has 0 aliphatic carbocycles. The van der Waals surface area contributed by atoms with Crippen molar-refractivity contribution in [2.24, 2.45) is 0 Å². The number of likely N-dealkylation sites (N-methyl/N-ethyl adjacent to an activating group) is 1. The second-order valence-corrected chi connectivity index (χ2v) is 6.73. The molecule has 7 heteroatoms. The molecule has 30 heavy (non-hydrogen) atoms. The third-order valence-electron chi connectivity index (χ3n) is 4.26. The summed E-state index contributed by atoms with van der Waals surface area (Å²) in [4.78, 5) is 18.6. The predicted octanol–water partition coefficient (Wildman–Crippen LogP) is 4.21. The second-order valence-electron chi connectivity index (χ2n) is 6.73. The first-order chi connectivity index (χ1) is 14.6. The summed E-state index contributed by atoms with van der Waals surface area (Å²) in [6.45, 7) is 5.50. The minimum atomic E-state index is -0.140. The third-order valence-corrected chi connectivity index (χ3v) is 4.26. The molecule has 1 heterocycles. The summed E-state index contributed by atoms with van der Waals surface area (Å²) in [7, 11) is 1.84. The maximum Gasteiger partial charge on any atom is 0.238 e. The van der Waals surface area contributed by atoms with Crippen molar-refractivity contribution < 1.29 is 18.7 Å². The Morgan fingerprint density at radius 2 is 1.80 bits per heavy atom. The number of rotatable bonds is 10. The average Bonchev–Trinajstić information content (AvgIpc) is 3.19. The molecule has 0 fully saturated rings. The molecular formula is C23H27N3O4. The third kappa shape index (κ3) is 5.84. The van der Waals surface area contributed by atoms with E-state index >= 15 is 0 Å². The maximum absolute atomic E-state index is 12.4. The highest BCUT2D eigenvalue weighted by molar-refractivity contribution is 5.92. The van der Waals surface area contributed by atoms with Crippen LogP contribution in [0.5, 0.6) is 11.5 Å². The van der Waals surface area contributed by atoms with Gasteiger partial charge in [0.1, 0.15) is 0 Å². The van der Waals surface area contributed by atoms with Gasteiger partial charge < -0.3 is 19.2 Å². The van der Waals surface area contributed by atoms with Crippen LogP contribution in [0.25, 0.3) is 11.3 Å². The number of carbonyl (C=O) groups excluding carboxylic acids is 1. The van der Waals surface area contributed by atoms with E-state index in [1.807, 2.05) is 56.1 Å². The molecular weight excluding hydrogens is 382 g/mol. The van der Waals surface area contributed by atoms with Crippen molar-refractivity contribution in [2.45, 2.75) is 20.4 Å². The quantitative estimate of drug-likeness (QED) is 0.541. The summed E-state index contributed by atoms with van der Waals surface area (Å²) in [5.74, 6) is 2.40. The molecule has 2 aromatic carbocycles. The number of hydrogen-bond acceptors (Lipinski definition) is 6. The Labute approximate surface area is 176 Å². The van der Waals surface area contributed by atoms with Gasteiger partial charge in [0, 0.05) is 17.3 Å². The SMILES string of the molecule is CCOc1ccc(NC(=O)CN(C)Cc2ncc(-c3ccccc3)o2)cc1OCC. The van der Waals surface area contributed by atoms with Crippen LogP contribution in [0.3, 0.4) is 0 Å². The first-order valence-corrected chi connectivity index (χ1v) is 9.97. The van der Waals surface area contributed by atoms with Crippen LogP contribution in [0.2, 0.25) is 0 Å². The zero-order valence-electron chi connectivity index (χ0n) is 17.6.